The molecule has 0 unspecified atom stereocenters. The lowest BCUT2D eigenvalue weighted by molar-refractivity contribution is 0.0632. The zero-order valence-corrected chi connectivity index (χ0v) is 18.1. The van der Waals surface area contributed by atoms with Gasteiger partial charge in [-0.25, -0.2) is 8.78 Å². The summed E-state index contributed by atoms with van der Waals surface area (Å²) in [7, 11) is 0. The third kappa shape index (κ3) is 5.26. The normalized spacial score (nSPS) is 19.0. The molecule has 2 aromatic carbocycles. The summed E-state index contributed by atoms with van der Waals surface area (Å²) in [6, 6.07) is 10.5. The summed E-state index contributed by atoms with van der Waals surface area (Å²) < 4.78 is 32.6. The van der Waals surface area contributed by atoms with Gasteiger partial charge in [-0.2, -0.15) is 0 Å². The molecule has 0 radical (unpaired) electrons. The highest BCUT2D eigenvalue weighted by molar-refractivity contribution is 5.94. The van der Waals surface area contributed by atoms with Gasteiger partial charge in [0.05, 0.1) is 6.61 Å². The number of carbonyl (C=O) groups excluding carboxylic acids is 2. The SMILES string of the molecule is O=C(c1ccc(OC[C@@H]2CCCN(C(=O)c3ccc(F)c(F)c3)C2)cc1)N1CCCCC1. The monoisotopic (exact) mass is 442 g/mol. The van der Waals surface area contributed by atoms with Gasteiger partial charge >= 0.3 is 0 Å². The minimum Gasteiger partial charge on any atom is -0.493 e. The molecular formula is C25H28F2N2O3. The molecule has 2 aliphatic rings. The third-order valence-corrected chi connectivity index (χ3v) is 6.20. The van der Waals surface area contributed by atoms with Gasteiger partial charge in [0.25, 0.3) is 11.8 Å². The van der Waals surface area contributed by atoms with Gasteiger partial charge < -0.3 is 14.5 Å². The van der Waals surface area contributed by atoms with E-state index >= 15 is 0 Å². The van der Waals surface area contributed by atoms with Crippen LogP contribution in [0.5, 0.6) is 5.75 Å². The first-order valence-corrected chi connectivity index (χ1v) is 11.3. The Balaban J connectivity index is 1.30. The van der Waals surface area contributed by atoms with Gasteiger partial charge in [0.15, 0.2) is 11.6 Å². The summed E-state index contributed by atoms with van der Waals surface area (Å²) >= 11 is 0. The molecule has 0 N–H and O–H groups in total. The molecule has 2 amide bonds. The van der Waals surface area contributed by atoms with E-state index in [1.165, 1.54) is 12.5 Å². The molecule has 2 fully saturated rings. The Hall–Kier alpha value is -2.96. The van der Waals surface area contributed by atoms with Crippen LogP contribution in [0.4, 0.5) is 8.78 Å². The second kappa shape index (κ2) is 10.1. The molecule has 0 saturated carbocycles. The molecule has 4 rings (SSSR count). The van der Waals surface area contributed by atoms with E-state index in [1.54, 1.807) is 17.0 Å². The van der Waals surface area contributed by atoms with Gasteiger partial charge in [-0.1, -0.05) is 0 Å². The predicted molar refractivity (Wildman–Crippen MR) is 117 cm³/mol. The Bertz CT molecular complexity index is 958. The Morgan fingerprint density at radius 3 is 2.19 bits per heavy atom. The molecule has 32 heavy (non-hydrogen) atoms. The number of benzene rings is 2. The average molecular weight is 443 g/mol. The molecule has 5 nitrogen and oxygen atoms in total. The van der Waals surface area contributed by atoms with E-state index in [4.69, 9.17) is 4.74 Å². The number of piperidine rings is 2. The van der Waals surface area contributed by atoms with Crippen LogP contribution in [-0.4, -0.2) is 54.4 Å². The van der Waals surface area contributed by atoms with E-state index in [-0.39, 0.29) is 23.3 Å². The number of hydrogen-bond donors (Lipinski definition) is 0. The van der Waals surface area contributed by atoms with Crippen LogP contribution in [0.2, 0.25) is 0 Å². The zero-order valence-electron chi connectivity index (χ0n) is 18.1. The fourth-order valence-corrected chi connectivity index (χ4v) is 4.38. The van der Waals surface area contributed by atoms with E-state index in [2.05, 4.69) is 0 Å². The van der Waals surface area contributed by atoms with Crippen LogP contribution in [0.3, 0.4) is 0 Å². The van der Waals surface area contributed by atoms with Crippen LogP contribution in [0.25, 0.3) is 0 Å². The van der Waals surface area contributed by atoms with E-state index in [0.717, 1.165) is 50.9 Å². The molecule has 0 bridgehead atoms. The quantitative estimate of drug-likeness (QED) is 0.684. The number of halogens is 2. The summed E-state index contributed by atoms with van der Waals surface area (Å²) in [6.07, 6.45) is 5.05. The summed E-state index contributed by atoms with van der Waals surface area (Å²) in [5.74, 6) is -1.38. The minimum atomic E-state index is -1.02. The average Bonchev–Trinajstić information content (AvgIpc) is 2.84. The lowest BCUT2D eigenvalue weighted by Gasteiger charge is -2.32. The fraction of sp³-hybridized carbons (Fsp3) is 0.440. The van der Waals surface area contributed by atoms with Crippen LogP contribution in [0.1, 0.15) is 52.8 Å². The maximum absolute atomic E-state index is 13.5. The van der Waals surface area contributed by atoms with E-state index in [1.807, 2.05) is 17.0 Å². The first kappa shape index (κ1) is 22.2. The zero-order chi connectivity index (χ0) is 22.5. The highest BCUT2D eigenvalue weighted by Crippen LogP contribution is 2.22. The Labute approximate surface area is 187 Å². The summed E-state index contributed by atoms with van der Waals surface area (Å²) in [6.45, 7) is 3.17. The number of ether oxygens (including phenoxy) is 1. The number of hydrogen-bond acceptors (Lipinski definition) is 3. The molecule has 0 aromatic heterocycles. The molecule has 0 spiro atoms. The van der Waals surface area contributed by atoms with Gasteiger partial charge in [0, 0.05) is 43.2 Å². The summed E-state index contributed by atoms with van der Waals surface area (Å²) in [5, 5.41) is 0. The molecule has 170 valence electrons. The number of amides is 2. The Morgan fingerprint density at radius 2 is 1.47 bits per heavy atom. The van der Waals surface area contributed by atoms with Gasteiger partial charge in [-0.05, 0) is 74.6 Å². The topological polar surface area (TPSA) is 49.9 Å². The summed E-state index contributed by atoms with van der Waals surface area (Å²) in [4.78, 5) is 28.8. The van der Waals surface area contributed by atoms with Gasteiger partial charge in [0.2, 0.25) is 0 Å². The smallest absolute Gasteiger partial charge is 0.253 e. The van der Waals surface area contributed by atoms with E-state index in [0.29, 0.717) is 31.0 Å². The van der Waals surface area contributed by atoms with Crippen molar-refractivity contribution in [1.29, 1.82) is 0 Å². The lowest BCUT2D eigenvalue weighted by Crippen LogP contribution is -2.41. The van der Waals surface area contributed by atoms with Crippen LogP contribution in [0, 0.1) is 17.6 Å². The van der Waals surface area contributed by atoms with Crippen molar-refractivity contribution in [3.05, 3.63) is 65.2 Å². The third-order valence-electron chi connectivity index (χ3n) is 6.20. The molecular weight excluding hydrogens is 414 g/mol. The molecule has 7 heteroatoms. The van der Waals surface area contributed by atoms with Gasteiger partial charge in [-0.15, -0.1) is 0 Å². The number of rotatable bonds is 5. The van der Waals surface area contributed by atoms with Gasteiger partial charge in [0.1, 0.15) is 5.75 Å². The van der Waals surface area contributed by atoms with Crippen LogP contribution < -0.4 is 4.74 Å². The molecule has 2 saturated heterocycles. The van der Waals surface area contributed by atoms with Crippen molar-refractivity contribution in [2.75, 3.05) is 32.8 Å². The Morgan fingerprint density at radius 1 is 0.812 bits per heavy atom. The number of nitrogens with zero attached hydrogens (tertiary/aromatic N) is 2. The van der Waals surface area contributed by atoms with Crippen molar-refractivity contribution in [1.82, 2.24) is 9.80 Å². The lowest BCUT2D eigenvalue weighted by atomic mass is 9.98. The molecule has 2 aromatic rings. The van der Waals surface area contributed by atoms with Crippen LogP contribution in [0.15, 0.2) is 42.5 Å². The molecule has 2 heterocycles. The van der Waals surface area contributed by atoms with E-state index < -0.39 is 11.6 Å². The van der Waals surface area contributed by atoms with Crippen molar-refractivity contribution in [2.24, 2.45) is 5.92 Å². The maximum Gasteiger partial charge on any atom is 0.253 e. The van der Waals surface area contributed by atoms with Crippen molar-refractivity contribution in [3.8, 4) is 5.75 Å². The minimum absolute atomic E-state index is 0.0647. The first-order chi connectivity index (χ1) is 15.5. The van der Waals surface area contributed by atoms with Crippen molar-refractivity contribution >= 4 is 11.8 Å². The number of carbonyl (C=O) groups is 2. The first-order valence-electron chi connectivity index (χ1n) is 11.3. The largest absolute Gasteiger partial charge is 0.493 e. The van der Waals surface area contributed by atoms with Crippen LogP contribution >= 0.6 is 0 Å². The van der Waals surface area contributed by atoms with Crippen LogP contribution in [-0.2, 0) is 0 Å². The highest BCUT2D eigenvalue weighted by Gasteiger charge is 2.26. The molecule has 0 aliphatic carbocycles. The Kier molecular flexibility index (Phi) is 7.02. The highest BCUT2D eigenvalue weighted by atomic mass is 19.2. The van der Waals surface area contributed by atoms with Gasteiger partial charge in [-0.3, -0.25) is 9.59 Å². The second-order valence-electron chi connectivity index (χ2n) is 8.58. The molecule has 1 atom stereocenters. The van der Waals surface area contributed by atoms with Crippen molar-refractivity contribution < 1.29 is 23.1 Å². The predicted octanol–water partition coefficient (Wildman–Crippen LogP) is 4.52. The van der Waals surface area contributed by atoms with E-state index in [9.17, 15) is 18.4 Å². The van der Waals surface area contributed by atoms with Crippen molar-refractivity contribution in [3.63, 3.8) is 0 Å². The second-order valence-corrected chi connectivity index (χ2v) is 8.58. The fourth-order valence-electron chi connectivity index (χ4n) is 4.38. The standard InChI is InChI=1S/C25H28F2N2O3/c26-22-11-8-20(15-23(22)27)25(31)29-14-4-5-18(16-29)17-32-21-9-6-19(7-10-21)24(30)28-12-2-1-3-13-28/h6-11,15,18H,1-5,12-14,16-17H2/t18-/m1/s1. The number of likely N-dealkylation sites (tertiary alicyclic amines) is 2. The summed E-state index contributed by atoms with van der Waals surface area (Å²) in [5.41, 5.74) is 0.819. The van der Waals surface area contributed by atoms with Crippen molar-refractivity contribution in [2.45, 2.75) is 32.1 Å². The molecule has 2 aliphatic heterocycles. The maximum atomic E-state index is 13.5.